The highest BCUT2D eigenvalue weighted by Gasteiger charge is 2.15. The summed E-state index contributed by atoms with van der Waals surface area (Å²) >= 11 is 3.67. The van der Waals surface area contributed by atoms with Crippen molar-refractivity contribution in [2.45, 2.75) is 0 Å². The molecule has 44 heavy (non-hydrogen) atoms. The molecule has 0 unspecified atom stereocenters. The monoisotopic (exact) mass is 597 g/mol. The predicted octanol–water partition coefficient (Wildman–Crippen LogP) is 11.3. The molecular formula is C39H23N3S2. The van der Waals surface area contributed by atoms with Crippen LogP contribution in [0, 0.1) is 0 Å². The van der Waals surface area contributed by atoms with Crippen LogP contribution >= 0.6 is 22.7 Å². The third-order valence-electron chi connectivity index (χ3n) is 8.14. The average Bonchev–Trinajstić information content (AvgIpc) is 3.66. The quantitative estimate of drug-likeness (QED) is 0.203. The minimum atomic E-state index is 0.672. The van der Waals surface area contributed by atoms with Gasteiger partial charge < -0.3 is 0 Å². The molecule has 6 aromatic carbocycles. The number of thiophene rings is 2. The largest absolute Gasteiger partial charge is 0.208 e. The van der Waals surface area contributed by atoms with Crippen molar-refractivity contribution in [2.75, 3.05) is 0 Å². The van der Waals surface area contributed by atoms with Gasteiger partial charge >= 0.3 is 0 Å². The lowest BCUT2D eigenvalue weighted by atomic mass is 10.0. The zero-order valence-corrected chi connectivity index (χ0v) is 25.1. The lowest BCUT2D eigenvalue weighted by Crippen LogP contribution is -1.99. The molecule has 0 saturated carbocycles. The van der Waals surface area contributed by atoms with Crippen molar-refractivity contribution in [3.8, 4) is 45.3 Å². The van der Waals surface area contributed by atoms with E-state index in [9.17, 15) is 0 Å². The van der Waals surface area contributed by atoms with Gasteiger partial charge in [0, 0.05) is 57.0 Å². The summed E-state index contributed by atoms with van der Waals surface area (Å²) < 4.78 is 5.15. The fourth-order valence-corrected chi connectivity index (χ4v) is 8.21. The van der Waals surface area contributed by atoms with E-state index in [1.54, 1.807) is 0 Å². The van der Waals surface area contributed by atoms with Crippen LogP contribution in [0.3, 0.4) is 0 Å². The predicted molar refractivity (Wildman–Crippen MR) is 187 cm³/mol. The van der Waals surface area contributed by atoms with Crippen LogP contribution in [0.1, 0.15) is 0 Å². The molecule has 9 aromatic rings. The van der Waals surface area contributed by atoms with Gasteiger partial charge in [0.15, 0.2) is 17.5 Å². The third kappa shape index (κ3) is 4.29. The molecule has 0 atom stereocenters. The lowest BCUT2D eigenvalue weighted by molar-refractivity contribution is 1.07. The normalized spacial score (nSPS) is 11.6. The Hall–Kier alpha value is -5.23. The fraction of sp³-hybridized carbons (Fsp3) is 0. The van der Waals surface area contributed by atoms with Crippen molar-refractivity contribution in [3.05, 3.63) is 140 Å². The molecule has 206 valence electrons. The van der Waals surface area contributed by atoms with E-state index in [1.165, 1.54) is 51.5 Å². The van der Waals surface area contributed by atoms with Crippen LogP contribution in [0.15, 0.2) is 140 Å². The van der Waals surface area contributed by atoms with Gasteiger partial charge in [-0.05, 0) is 41.5 Å². The van der Waals surface area contributed by atoms with E-state index >= 15 is 0 Å². The highest BCUT2D eigenvalue weighted by atomic mass is 32.1. The first-order chi connectivity index (χ1) is 21.8. The highest BCUT2D eigenvalue weighted by Crippen LogP contribution is 2.40. The van der Waals surface area contributed by atoms with E-state index in [-0.39, 0.29) is 0 Å². The summed E-state index contributed by atoms with van der Waals surface area (Å²) in [6.07, 6.45) is 0. The standard InChI is InChI=1S/C39H23N3S2/c1-3-9-24(10-4-1)37-40-38(25-11-5-2-6-12-25)42-39(41-37)28-16-19-31-32-21-26(17-20-34(32)44-36(31)23-28)27-15-18-30-29-13-7-8-14-33(29)43-35(30)22-27/h1-23H. The first-order valence-corrected chi connectivity index (χ1v) is 16.2. The van der Waals surface area contributed by atoms with Crippen molar-refractivity contribution < 1.29 is 0 Å². The highest BCUT2D eigenvalue weighted by molar-refractivity contribution is 7.26. The second-order valence-corrected chi connectivity index (χ2v) is 13.0. The van der Waals surface area contributed by atoms with Crippen LogP contribution in [0.4, 0.5) is 0 Å². The molecule has 0 aliphatic carbocycles. The van der Waals surface area contributed by atoms with Gasteiger partial charge in [0.1, 0.15) is 0 Å². The van der Waals surface area contributed by atoms with Crippen LogP contribution in [0.25, 0.3) is 85.6 Å². The maximum atomic E-state index is 4.94. The van der Waals surface area contributed by atoms with Gasteiger partial charge in [-0.2, -0.15) is 0 Å². The van der Waals surface area contributed by atoms with Gasteiger partial charge in [-0.1, -0.05) is 109 Å². The molecule has 0 bridgehead atoms. The van der Waals surface area contributed by atoms with Gasteiger partial charge in [-0.15, -0.1) is 22.7 Å². The van der Waals surface area contributed by atoms with Crippen molar-refractivity contribution in [1.82, 2.24) is 15.0 Å². The van der Waals surface area contributed by atoms with E-state index in [1.807, 2.05) is 83.3 Å². The molecule has 3 heterocycles. The van der Waals surface area contributed by atoms with Crippen LogP contribution in [-0.4, -0.2) is 15.0 Å². The smallest absolute Gasteiger partial charge is 0.164 e. The number of benzene rings is 6. The van der Waals surface area contributed by atoms with Gasteiger partial charge in [0.25, 0.3) is 0 Å². The average molecular weight is 598 g/mol. The Morgan fingerprint density at radius 1 is 0.295 bits per heavy atom. The molecule has 3 nitrogen and oxygen atoms in total. The Morgan fingerprint density at radius 3 is 1.43 bits per heavy atom. The molecule has 0 amide bonds. The zero-order valence-electron chi connectivity index (χ0n) is 23.4. The molecule has 0 aliphatic rings. The van der Waals surface area contributed by atoms with E-state index < -0.39 is 0 Å². The summed E-state index contributed by atoms with van der Waals surface area (Å²) in [6, 6.07) is 49.2. The Morgan fingerprint density at radius 2 is 0.750 bits per heavy atom. The molecule has 0 aliphatic heterocycles. The SMILES string of the molecule is c1ccc(-c2nc(-c3ccccc3)nc(-c3ccc4c(c3)sc3ccc(-c5ccc6c(c5)sc5ccccc56)cc34)n2)cc1. The molecule has 0 saturated heterocycles. The molecule has 0 fully saturated rings. The van der Waals surface area contributed by atoms with E-state index in [4.69, 9.17) is 15.0 Å². The number of rotatable bonds is 4. The van der Waals surface area contributed by atoms with Crippen molar-refractivity contribution in [1.29, 1.82) is 0 Å². The first kappa shape index (κ1) is 25.3. The summed E-state index contributed by atoms with van der Waals surface area (Å²) in [5.74, 6) is 2.02. The summed E-state index contributed by atoms with van der Waals surface area (Å²) in [6.45, 7) is 0. The van der Waals surface area contributed by atoms with Gasteiger partial charge in [-0.3, -0.25) is 0 Å². The molecule has 0 N–H and O–H groups in total. The van der Waals surface area contributed by atoms with Gasteiger partial charge in [0.05, 0.1) is 0 Å². The molecule has 0 radical (unpaired) electrons. The van der Waals surface area contributed by atoms with Crippen molar-refractivity contribution in [3.63, 3.8) is 0 Å². The fourth-order valence-electron chi connectivity index (χ4n) is 5.94. The van der Waals surface area contributed by atoms with Crippen LogP contribution in [0.2, 0.25) is 0 Å². The molecule has 0 spiro atoms. The van der Waals surface area contributed by atoms with Crippen LogP contribution in [0.5, 0.6) is 0 Å². The van der Waals surface area contributed by atoms with Crippen molar-refractivity contribution >= 4 is 63.0 Å². The Kier molecular flexibility index (Phi) is 5.86. The molecule has 3 aromatic heterocycles. The summed E-state index contributed by atoms with van der Waals surface area (Å²) in [7, 11) is 0. The van der Waals surface area contributed by atoms with Gasteiger partial charge in [0.2, 0.25) is 0 Å². The molecular weight excluding hydrogens is 575 g/mol. The van der Waals surface area contributed by atoms with Gasteiger partial charge in [-0.25, -0.2) is 15.0 Å². The van der Waals surface area contributed by atoms with Crippen molar-refractivity contribution in [2.24, 2.45) is 0 Å². The maximum Gasteiger partial charge on any atom is 0.164 e. The Balaban J connectivity index is 1.15. The number of nitrogens with zero attached hydrogens (tertiary/aromatic N) is 3. The Bertz CT molecular complexity index is 2440. The first-order valence-electron chi connectivity index (χ1n) is 14.5. The number of hydrogen-bond acceptors (Lipinski definition) is 5. The Labute approximate surface area is 261 Å². The van der Waals surface area contributed by atoms with Crippen LogP contribution in [-0.2, 0) is 0 Å². The number of fused-ring (bicyclic) bond motifs is 6. The summed E-state index contributed by atoms with van der Waals surface area (Å²) in [5.41, 5.74) is 5.40. The summed E-state index contributed by atoms with van der Waals surface area (Å²) in [5, 5.41) is 5.18. The van der Waals surface area contributed by atoms with E-state index in [0.29, 0.717) is 17.5 Å². The van der Waals surface area contributed by atoms with E-state index in [2.05, 4.69) is 78.9 Å². The maximum absolute atomic E-state index is 4.94. The minimum absolute atomic E-state index is 0.672. The second kappa shape index (κ2) is 10.2. The molecule has 5 heteroatoms. The molecule has 9 rings (SSSR count). The zero-order chi connectivity index (χ0) is 29.0. The second-order valence-electron chi connectivity index (χ2n) is 10.9. The van der Waals surface area contributed by atoms with E-state index in [0.717, 1.165) is 16.7 Å². The minimum Gasteiger partial charge on any atom is -0.208 e. The number of hydrogen-bond donors (Lipinski definition) is 0. The topological polar surface area (TPSA) is 38.7 Å². The number of aromatic nitrogens is 3. The lowest BCUT2D eigenvalue weighted by Gasteiger charge is -2.08. The summed E-state index contributed by atoms with van der Waals surface area (Å²) in [4.78, 5) is 14.7. The van der Waals surface area contributed by atoms with Crippen LogP contribution < -0.4 is 0 Å². The third-order valence-corrected chi connectivity index (χ3v) is 10.4.